The van der Waals surface area contributed by atoms with Crippen LogP contribution >= 0.6 is 24.0 Å². The predicted molar refractivity (Wildman–Crippen MR) is 109 cm³/mol. The van der Waals surface area contributed by atoms with Crippen LogP contribution in [0.1, 0.15) is 12.2 Å². The van der Waals surface area contributed by atoms with E-state index in [9.17, 15) is 29.6 Å². The molecule has 0 aliphatic carbocycles. The number of carbonyl (C=O) groups is 3. The molecule has 1 amide bonds. The lowest BCUT2D eigenvalue weighted by atomic mass is 10.1. The van der Waals surface area contributed by atoms with Crippen LogP contribution in [0.15, 0.2) is 45.7 Å². The summed E-state index contributed by atoms with van der Waals surface area (Å²) < 4.78 is 5.50. The van der Waals surface area contributed by atoms with Crippen molar-refractivity contribution in [3.05, 3.63) is 57.2 Å². The van der Waals surface area contributed by atoms with Gasteiger partial charge in [0.2, 0.25) is 0 Å². The number of nitro groups is 1. The van der Waals surface area contributed by atoms with Crippen molar-refractivity contribution in [1.82, 2.24) is 4.90 Å². The number of rotatable bonds is 7. The Hall–Kier alpha value is -3.51. The van der Waals surface area contributed by atoms with E-state index in [-0.39, 0.29) is 32.0 Å². The zero-order valence-corrected chi connectivity index (χ0v) is 16.5. The molecule has 10 nitrogen and oxygen atoms in total. The lowest BCUT2D eigenvalue weighted by Crippen LogP contribution is -2.45. The number of hydrogen-bond acceptors (Lipinski definition) is 8. The quantitative estimate of drug-likeness (QED) is 0.280. The van der Waals surface area contributed by atoms with Crippen LogP contribution in [0.2, 0.25) is 0 Å². The van der Waals surface area contributed by atoms with E-state index in [0.29, 0.717) is 0 Å². The topological polar surface area (TPSA) is 151 Å². The summed E-state index contributed by atoms with van der Waals surface area (Å²) in [6.45, 7) is 0. The highest BCUT2D eigenvalue weighted by atomic mass is 32.2. The van der Waals surface area contributed by atoms with E-state index in [2.05, 4.69) is 0 Å². The minimum Gasteiger partial charge on any atom is -0.481 e. The fourth-order valence-corrected chi connectivity index (χ4v) is 4.09. The first-order chi connectivity index (χ1) is 14.2. The summed E-state index contributed by atoms with van der Waals surface area (Å²) in [7, 11) is 0. The predicted octanol–water partition coefficient (Wildman–Crippen LogP) is 2.98. The Morgan fingerprint density at radius 2 is 1.97 bits per heavy atom. The third-order valence-corrected chi connectivity index (χ3v) is 5.38. The van der Waals surface area contributed by atoms with E-state index in [1.807, 2.05) is 0 Å². The van der Waals surface area contributed by atoms with E-state index in [4.69, 9.17) is 21.7 Å². The monoisotopic (exact) mass is 448 g/mol. The van der Waals surface area contributed by atoms with E-state index < -0.39 is 35.2 Å². The SMILES string of the molecule is O=C(O)C[C@H](C(=O)O)N1C(=O)/C(=C\c2ccc(-c3ccccc3[N+](=O)[O-])o2)SC1=S. The zero-order valence-electron chi connectivity index (χ0n) is 14.9. The number of hydrogen-bond donors (Lipinski definition) is 2. The molecule has 0 spiro atoms. The number of thiocarbonyl (C=S) groups is 1. The van der Waals surface area contributed by atoms with Crippen molar-refractivity contribution in [3.8, 4) is 11.3 Å². The number of nitro benzene ring substituents is 1. The molecular weight excluding hydrogens is 436 g/mol. The number of carboxylic acids is 2. The maximum absolute atomic E-state index is 12.6. The Morgan fingerprint density at radius 1 is 1.27 bits per heavy atom. The van der Waals surface area contributed by atoms with Crippen LogP contribution < -0.4 is 0 Å². The normalized spacial score (nSPS) is 16.1. The highest BCUT2D eigenvalue weighted by Gasteiger charge is 2.41. The van der Waals surface area contributed by atoms with Gasteiger partial charge in [0, 0.05) is 12.1 Å². The molecule has 0 saturated carbocycles. The molecule has 1 aliphatic rings. The second-order valence-electron chi connectivity index (χ2n) is 5.98. The summed E-state index contributed by atoms with van der Waals surface area (Å²) >= 11 is 5.86. The molecule has 1 saturated heterocycles. The van der Waals surface area contributed by atoms with Crippen LogP contribution in [0, 0.1) is 10.1 Å². The number of para-hydroxylation sites is 1. The first kappa shape index (κ1) is 21.2. The summed E-state index contributed by atoms with van der Waals surface area (Å²) in [6.07, 6.45) is 0.509. The van der Waals surface area contributed by atoms with Crippen LogP contribution in [-0.2, 0) is 14.4 Å². The number of furan rings is 1. The molecular formula is C18H12N2O8S2. The molecule has 3 rings (SSSR count). The summed E-state index contributed by atoms with van der Waals surface area (Å²) in [5.74, 6) is -3.25. The van der Waals surface area contributed by atoms with Gasteiger partial charge in [-0.05, 0) is 18.2 Å². The van der Waals surface area contributed by atoms with E-state index >= 15 is 0 Å². The third kappa shape index (κ3) is 4.23. The van der Waals surface area contributed by atoms with Gasteiger partial charge >= 0.3 is 11.9 Å². The molecule has 2 aromatic rings. The average molecular weight is 448 g/mol. The van der Waals surface area contributed by atoms with Gasteiger partial charge in [0.25, 0.3) is 11.6 Å². The lowest BCUT2D eigenvalue weighted by Gasteiger charge is -2.21. The maximum atomic E-state index is 12.6. The number of amides is 1. The van der Waals surface area contributed by atoms with Crippen LogP contribution in [0.3, 0.4) is 0 Å². The minimum atomic E-state index is -1.64. The Kier molecular flexibility index (Phi) is 5.99. The Bertz CT molecular complexity index is 1110. The third-order valence-electron chi connectivity index (χ3n) is 4.05. The first-order valence-corrected chi connectivity index (χ1v) is 9.46. The van der Waals surface area contributed by atoms with E-state index in [0.717, 1.165) is 16.7 Å². The molecule has 154 valence electrons. The average Bonchev–Trinajstić information content (AvgIpc) is 3.24. The van der Waals surface area contributed by atoms with Crippen molar-refractivity contribution < 1.29 is 33.9 Å². The molecule has 1 aromatic carbocycles. The first-order valence-electron chi connectivity index (χ1n) is 8.24. The van der Waals surface area contributed by atoms with Crippen LogP contribution in [-0.4, -0.2) is 48.2 Å². The largest absolute Gasteiger partial charge is 0.481 e. The molecule has 1 atom stereocenters. The number of nitrogens with zero attached hydrogens (tertiary/aromatic N) is 2. The number of thioether (sulfide) groups is 1. The molecule has 0 bridgehead atoms. The van der Waals surface area contributed by atoms with E-state index in [1.54, 1.807) is 6.07 Å². The van der Waals surface area contributed by atoms with Crippen molar-refractivity contribution in [3.63, 3.8) is 0 Å². The van der Waals surface area contributed by atoms with E-state index in [1.165, 1.54) is 36.4 Å². The van der Waals surface area contributed by atoms with Gasteiger partial charge in [-0.25, -0.2) is 4.79 Å². The number of benzene rings is 1. The standard InChI is InChI=1S/C18H12N2O8S2/c21-15(22)8-12(17(24)25)19-16(23)14(30-18(19)29)7-9-5-6-13(28-9)10-3-1-2-4-11(10)20(26)27/h1-7,12H,8H2,(H,21,22)(H,24,25)/b14-7+/t12-/m1/s1. The summed E-state index contributed by atoms with van der Waals surface area (Å²) in [6, 6.07) is 7.33. The second kappa shape index (κ2) is 8.47. The van der Waals surface area contributed by atoms with Crippen molar-refractivity contribution in [1.29, 1.82) is 0 Å². The molecule has 0 unspecified atom stereocenters. The zero-order chi connectivity index (χ0) is 22.0. The molecule has 2 heterocycles. The van der Waals surface area contributed by atoms with Crippen LogP contribution in [0.25, 0.3) is 17.4 Å². The van der Waals surface area contributed by atoms with Crippen LogP contribution in [0.5, 0.6) is 0 Å². The molecule has 1 aliphatic heterocycles. The molecule has 12 heteroatoms. The number of carbonyl (C=O) groups excluding carboxylic acids is 1. The Balaban J connectivity index is 1.90. The fourth-order valence-electron chi connectivity index (χ4n) is 2.75. The maximum Gasteiger partial charge on any atom is 0.327 e. The lowest BCUT2D eigenvalue weighted by molar-refractivity contribution is -0.384. The van der Waals surface area contributed by atoms with Gasteiger partial charge < -0.3 is 14.6 Å². The van der Waals surface area contributed by atoms with Crippen molar-refractivity contribution in [2.45, 2.75) is 12.5 Å². The van der Waals surface area contributed by atoms with Crippen molar-refractivity contribution in [2.75, 3.05) is 0 Å². The van der Waals surface area contributed by atoms with Crippen molar-refractivity contribution in [2.24, 2.45) is 0 Å². The minimum absolute atomic E-state index is 0.0418. The van der Waals surface area contributed by atoms with Gasteiger partial charge in [-0.1, -0.05) is 36.1 Å². The van der Waals surface area contributed by atoms with Gasteiger partial charge in [0.05, 0.1) is 21.8 Å². The summed E-state index contributed by atoms with van der Waals surface area (Å²) in [4.78, 5) is 46.4. The van der Waals surface area contributed by atoms with Crippen molar-refractivity contribution >= 4 is 57.9 Å². The Morgan fingerprint density at radius 3 is 2.60 bits per heavy atom. The van der Waals surface area contributed by atoms with Gasteiger partial charge in [-0.2, -0.15) is 0 Å². The summed E-state index contributed by atoms with van der Waals surface area (Å²) in [5.41, 5.74) is 0.102. The molecule has 0 radical (unpaired) electrons. The molecule has 2 N–H and O–H groups in total. The number of aliphatic carboxylic acids is 2. The fraction of sp³-hybridized carbons (Fsp3) is 0.111. The Labute approximate surface area is 177 Å². The highest BCUT2D eigenvalue weighted by Crippen LogP contribution is 2.36. The molecule has 1 aromatic heterocycles. The van der Waals surface area contributed by atoms with Gasteiger partial charge in [-0.15, -0.1) is 0 Å². The van der Waals surface area contributed by atoms with Gasteiger partial charge in [0.15, 0.2) is 0 Å². The smallest absolute Gasteiger partial charge is 0.327 e. The second-order valence-corrected chi connectivity index (χ2v) is 7.66. The van der Waals surface area contributed by atoms with Crippen LogP contribution in [0.4, 0.5) is 5.69 Å². The summed E-state index contributed by atoms with van der Waals surface area (Å²) in [5, 5.41) is 29.4. The molecule has 1 fully saturated rings. The number of carboxylic acid groups (broad SMARTS) is 2. The molecule has 30 heavy (non-hydrogen) atoms. The highest BCUT2D eigenvalue weighted by molar-refractivity contribution is 8.26. The van der Waals surface area contributed by atoms with Gasteiger partial charge in [-0.3, -0.25) is 24.6 Å². The van der Waals surface area contributed by atoms with Gasteiger partial charge in [0.1, 0.15) is 21.9 Å².